The molecule has 0 spiro atoms. The summed E-state index contributed by atoms with van der Waals surface area (Å²) in [4.78, 5) is 26.8. The van der Waals surface area contributed by atoms with Gasteiger partial charge in [-0.1, -0.05) is 18.9 Å². The molecule has 5 nitrogen and oxygen atoms in total. The van der Waals surface area contributed by atoms with Crippen LogP contribution in [-0.2, 0) is 4.79 Å². The van der Waals surface area contributed by atoms with Crippen LogP contribution in [0.4, 0.5) is 5.69 Å². The molecule has 2 atom stereocenters. The van der Waals surface area contributed by atoms with Crippen LogP contribution in [0, 0.1) is 5.92 Å². The van der Waals surface area contributed by atoms with Gasteiger partial charge in [0.1, 0.15) is 0 Å². The second-order valence-corrected chi connectivity index (χ2v) is 6.85. The molecule has 3 N–H and O–H groups in total. The number of halogens is 1. The molecule has 1 aliphatic carbocycles. The molecule has 25 heavy (non-hydrogen) atoms. The highest BCUT2D eigenvalue weighted by Crippen LogP contribution is 2.32. The molecular weight excluding hydrogens is 338 g/mol. The average Bonchev–Trinajstić information content (AvgIpc) is 2.55. The van der Waals surface area contributed by atoms with Crippen LogP contribution in [0.2, 0.25) is 0 Å². The summed E-state index contributed by atoms with van der Waals surface area (Å²) in [5, 5.41) is 2.95. The number of hydrogen-bond acceptors (Lipinski definition) is 3. The summed E-state index contributed by atoms with van der Waals surface area (Å²) < 4.78 is 0. The third-order valence-electron chi connectivity index (χ3n) is 5.00. The Morgan fingerprint density at radius 2 is 1.96 bits per heavy atom. The summed E-state index contributed by atoms with van der Waals surface area (Å²) in [6.07, 6.45) is 3.79. The molecule has 2 amide bonds. The van der Waals surface area contributed by atoms with Crippen molar-refractivity contribution in [1.82, 2.24) is 4.90 Å². The van der Waals surface area contributed by atoms with Crippen molar-refractivity contribution < 1.29 is 9.59 Å². The number of nitrogens with zero attached hydrogens (tertiary/aromatic N) is 1. The first kappa shape index (κ1) is 21.5. The van der Waals surface area contributed by atoms with E-state index in [1.807, 2.05) is 26.8 Å². The molecule has 0 aliphatic heterocycles. The molecule has 2 unspecified atom stereocenters. The van der Waals surface area contributed by atoms with Crippen molar-refractivity contribution in [3.8, 4) is 0 Å². The fourth-order valence-electron chi connectivity index (χ4n) is 3.44. The Labute approximate surface area is 156 Å². The van der Waals surface area contributed by atoms with Gasteiger partial charge in [0.15, 0.2) is 0 Å². The predicted molar refractivity (Wildman–Crippen MR) is 104 cm³/mol. The van der Waals surface area contributed by atoms with Crippen molar-refractivity contribution >= 4 is 29.9 Å². The molecule has 1 aromatic rings. The van der Waals surface area contributed by atoms with Crippen LogP contribution >= 0.6 is 12.4 Å². The fourth-order valence-corrected chi connectivity index (χ4v) is 3.44. The number of benzene rings is 1. The van der Waals surface area contributed by atoms with Gasteiger partial charge in [0, 0.05) is 29.9 Å². The van der Waals surface area contributed by atoms with E-state index in [0.29, 0.717) is 24.3 Å². The minimum atomic E-state index is -0.461. The highest BCUT2D eigenvalue weighted by molar-refractivity contribution is 5.98. The molecule has 0 radical (unpaired) electrons. The van der Waals surface area contributed by atoms with Gasteiger partial charge in [0.25, 0.3) is 5.91 Å². The minimum absolute atomic E-state index is 0. The molecule has 2 rings (SSSR count). The van der Waals surface area contributed by atoms with Crippen LogP contribution in [0.25, 0.3) is 0 Å². The maximum atomic E-state index is 12.6. The van der Waals surface area contributed by atoms with Gasteiger partial charge < -0.3 is 16.0 Å². The van der Waals surface area contributed by atoms with E-state index in [1.165, 1.54) is 0 Å². The highest BCUT2D eigenvalue weighted by atomic mass is 35.5. The fraction of sp³-hybridized carbons (Fsp3) is 0.579. The largest absolute Gasteiger partial charge is 0.339 e. The number of hydrogen-bond donors (Lipinski definition) is 2. The molecule has 0 bridgehead atoms. The first-order valence-electron chi connectivity index (χ1n) is 8.88. The van der Waals surface area contributed by atoms with Gasteiger partial charge in [-0.3, -0.25) is 9.59 Å². The molecule has 1 saturated carbocycles. The average molecular weight is 368 g/mol. The summed E-state index contributed by atoms with van der Waals surface area (Å²) >= 11 is 0. The zero-order valence-electron chi connectivity index (χ0n) is 15.4. The highest BCUT2D eigenvalue weighted by Gasteiger charge is 2.37. The second-order valence-electron chi connectivity index (χ2n) is 6.85. The molecule has 0 saturated heterocycles. The molecule has 1 fully saturated rings. The molecule has 0 aromatic heterocycles. The summed E-state index contributed by atoms with van der Waals surface area (Å²) in [5.74, 6) is -0.252. The van der Waals surface area contributed by atoms with Crippen LogP contribution in [0.1, 0.15) is 56.8 Å². The van der Waals surface area contributed by atoms with Gasteiger partial charge in [-0.05, 0) is 51.8 Å². The third-order valence-corrected chi connectivity index (χ3v) is 5.00. The van der Waals surface area contributed by atoms with Crippen LogP contribution in [0.5, 0.6) is 0 Å². The minimum Gasteiger partial charge on any atom is -0.339 e. The molecule has 140 valence electrons. The van der Waals surface area contributed by atoms with Crippen molar-refractivity contribution in [2.45, 2.75) is 52.0 Å². The van der Waals surface area contributed by atoms with Gasteiger partial charge in [-0.15, -0.1) is 12.4 Å². The zero-order valence-corrected chi connectivity index (χ0v) is 16.2. The number of nitrogens with one attached hydrogen (secondary N) is 1. The molecule has 0 heterocycles. The van der Waals surface area contributed by atoms with E-state index < -0.39 is 5.54 Å². The number of nitrogens with two attached hydrogens (primary N) is 1. The number of carbonyl (C=O) groups is 2. The lowest BCUT2D eigenvalue weighted by Crippen LogP contribution is -2.51. The Bertz CT molecular complexity index is 600. The van der Waals surface area contributed by atoms with Gasteiger partial charge >= 0.3 is 0 Å². The van der Waals surface area contributed by atoms with E-state index in [2.05, 4.69) is 5.32 Å². The number of rotatable bonds is 5. The van der Waals surface area contributed by atoms with E-state index >= 15 is 0 Å². The number of amides is 2. The Balaban J connectivity index is 0.00000312. The lowest BCUT2D eigenvalue weighted by Gasteiger charge is -2.37. The Kier molecular flexibility index (Phi) is 7.90. The molecule has 6 heteroatoms. The van der Waals surface area contributed by atoms with Crippen LogP contribution < -0.4 is 11.1 Å². The Morgan fingerprint density at radius 1 is 1.28 bits per heavy atom. The zero-order chi connectivity index (χ0) is 17.7. The smallest absolute Gasteiger partial charge is 0.253 e. The molecule has 1 aromatic carbocycles. The van der Waals surface area contributed by atoms with E-state index in [9.17, 15) is 9.59 Å². The maximum Gasteiger partial charge on any atom is 0.253 e. The van der Waals surface area contributed by atoms with Crippen molar-refractivity contribution in [2.75, 3.05) is 18.4 Å². The SMILES string of the molecule is CCN(CC)C(=O)c1cccc(NC(=O)C2CCCCC2(C)N)c1.Cl. The van der Waals surface area contributed by atoms with Gasteiger partial charge in [0.2, 0.25) is 5.91 Å². The monoisotopic (exact) mass is 367 g/mol. The third kappa shape index (κ3) is 5.19. The second kappa shape index (κ2) is 9.20. The van der Waals surface area contributed by atoms with E-state index in [1.54, 1.807) is 23.1 Å². The van der Waals surface area contributed by atoms with Crippen molar-refractivity contribution in [2.24, 2.45) is 11.7 Å². The summed E-state index contributed by atoms with van der Waals surface area (Å²) in [6, 6.07) is 7.14. The lowest BCUT2D eigenvalue weighted by atomic mass is 9.74. The number of carbonyl (C=O) groups excluding carboxylic acids is 2. The van der Waals surface area contributed by atoms with E-state index in [4.69, 9.17) is 5.73 Å². The van der Waals surface area contributed by atoms with Crippen molar-refractivity contribution in [3.05, 3.63) is 29.8 Å². The Morgan fingerprint density at radius 3 is 2.56 bits per heavy atom. The standard InChI is InChI=1S/C19H29N3O2.ClH/c1-4-22(5-2)18(24)14-9-8-10-15(13-14)21-17(23)16-11-6-7-12-19(16,3)20;/h8-10,13,16H,4-7,11-12,20H2,1-3H3,(H,21,23);1H. The van der Waals surface area contributed by atoms with Gasteiger partial charge in [-0.2, -0.15) is 0 Å². The predicted octanol–water partition coefficient (Wildman–Crippen LogP) is 3.44. The van der Waals surface area contributed by atoms with Gasteiger partial charge in [-0.25, -0.2) is 0 Å². The van der Waals surface area contributed by atoms with Crippen LogP contribution in [-0.4, -0.2) is 35.3 Å². The van der Waals surface area contributed by atoms with Crippen molar-refractivity contribution in [3.63, 3.8) is 0 Å². The summed E-state index contributed by atoms with van der Waals surface area (Å²) in [6.45, 7) is 7.20. The maximum absolute atomic E-state index is 12.6. The van der Waals surface area contributed by atoms with E-state index in [0.717, 1.165) is 25.7 Å². The number of anilines is 1. The normalized spacial score (nSPS) is 22.6. The first-order chi connectivity index (χ1) is 11.4. The van der Waals surface area contributed by atoms with Crippen LogP contribution in [0.15, 0.2) is 24.3 Å². The quantitative estimate of drug-likeness (QED) is 0.837. The van der Waals surface area contributed by atoms with Gasteiger partial charge in [0.05, 0.1) is 5.92 Å². The topological polar surface area (TPSA) is 75.4 Å². The van der Waals surface area contributed by atoms with E-state index in [-0.39, 0.29) is 30.1 Å². The lowest BCUT2D eigenvalue weighted by molar-refractivity contribution is -0.122. The summed E-state index contributed by atoms with van der Waals surface area (Å²) in [7, 11) is 0. The first-order valence-corrected chi connectivity index (χ1v) is 8.88. The van der Waals surface area contributed by atoms with Crippen LogP contribution in [0.3, 0.4) is 0 Å². The Hall–Kier alpha value is -1.59. The molecule has 1 aliphatic rings. The molecular formula is C19H30ClN3O2. The summed E-state index contributed by atoms with van der Waals surface area (Å²) in [5.41, 5.74) is 7.09. The van der Waals surface area contributed by atoms with Crippen molar-refractivity contribution in [1.29, 1.82) is 0 Å².